The van der Waals surface area contributed by atoms with E-state index < -0.39 is 0 Å². The van der Waals surface area contributed by atoms with Gasteiger partial charge in [-0.2, -0.15) is 0 Å². The number of ether oxygens (including phenoxy) is 1. The van der Waals surface area contributed by atoms with E-state index in [-0.39, 0.29) is 17.5 Å². The second kappa shape index (κ2) is 6.06. The average molecular weight is 324 g/mol. The molecule has 0 atom stereocenters. The molecule has 0 amide bonds. The van der Waals surface area contributed by atoms with E-state index >= 15 is 0 Å². The van der Waals surface area contributed by atoms with Crippen LogP contribution in [0.1, 0.15) is 52.4 Å². The standard InChI is InChI=1S/C12H21IO2/c1-12(2,8-9-13)11(14)15-10-6-4-3-5-7-10/h10H,3-9H2,1-2H3. The molecular weight excluding hydrogens is 303 g/mol. The molecule has 88 valence electrons. The number of rotatable bonds is 4. The van der Waals surface area contributed by atoms with E-state index in [1.807, 2.05) is 13.8 Å². The van der Waals surface area contributed by atoms with Crippen molar-refractivity contribution in [3.05, 3.63) is 0 Å². The fourth-order valence-corrected chi connectivity index (χ4v) is 3.18. The van der Waals surface area contributed by atoms with E-state index in [9.17, 15) is 4.79 Å². The molecule has 0 radical (unpaired) electrons. The van der Waals surface area contributed by atoms with Crippen LogP contribution in [-0.2, 0) is 9.53 Å². The van der Waals surface area contributed by atoms with Gasteiger partial charge in [0.1, 0.15) is 6.10 Å². The van der Waals surface area contributed by atoms with Gasteiger partial charge in [-0.3, -0.25) is 4.79 Å². The van der Waals surface area contributed by atoms with Gasteiger partial charge in [0.2, 0.25) is 0 Å². The summed E-state index contributed by atoms with van der Waals surface area (Å²) < 4.78 is 6.57. The molecule has 1 aliphatic rings. The van der Waals surface area contributed by atoms with Gasteiger partial charge in [0.25, 0.3) is 0 Å². The van der Waals surface area contributed by atoms with E-state index in [0.29, 0.717) is 0 Å². The lowest BCUT2D eigenvalue weighted by molar-refractivity contribution is -0.161. The molecule has 0 aromatic carbocycles. The molecule has 0 bridgehead atoms. The van der Waals surface area contributed by atoms with Crippen molar-refractivity contribution in [1.82, 2.24) is 0 Å². The summed E-state index contributed by atoms with van der Waals surface area (Å²) >= 11 is 2.31. The molecule has 0 aromatic heterocycles. The van der Waals surface area contributed by atoms with Gasteiger partial charge >= 0.3 is 5.97 Å². The fourth-order valence-electron chi connectivity index (χ4n) is 1.83. The van der Waals surface area contributed by atoms with Crippen molar-refractivity contribution < 1.29 is 9.53 Å². The Hall–Kier alpha value is 0.200. The van der Waals surface area contributed by atoms with Gasteiger partial charge in [-0.05, 0) is 46.0 Å². The Balaban J connectivity index is 2.39. The van der Waals surface area contributed by atoms with Gasteiger partial charge in [-0.15, -0.1) is 0 Å². The van der Waals surface area contributed by atoms with Gasteiger partial charge in [0.05, 0.1) is 5.41 Å². The summed E-state index contributed by atoms with van der Waals surface area (Å²) in [6.45, 7) is 3.97. The van der Waals surface area contributed by atoms with Crippen LogP contribution in [0, 0.1) is 5.41 Å². The first-order valence-electron chi connectivity index (χ1n) is 5.83. The largest absolute Gasteiger partial charge is 0.462 e. The molecule has 1 rings (SSSR count). The third-order valence-corrected chi connectivity index (χ3v) is 3.64. The third kappa shape index (κ3) is 4.29. The van der Waals surface area contributed by atoms with Crippen molar-refractivity contribution in [2.24, 2.45) is 5.41 Å². The minimum absolute atomic E-state index is 0.00827. The van der Waals surface area contributed by atoms with Gasteiger partial charge in [-0.25, -0.2) is 0 Å². The predicted molar refractivity (Wildman–Crippen MR) is 70.3 cm³/mol. The summed E-state index contributed by atoms with van der Waals surface area (Å²) in [6.07, 6.45) is 6.94. The van der Waals surface area contributed by atoms with Crippen LogP contribution in [0.5, 0.6) is 0 Å². The molecule has 0 aromatic rings. The smallest absolute Gasteiger partial charge is 0.311 e. The van der Waals surface area contributed by atoms with Crippen LogP contribution < -0.4 is 0 Å². The molecular formula is C12H21IO2. The van der Waals surface area contributed by atoms with Crippen LogP contribution >= 0.6 is 22.6 Å². The summed E-state index contributed by atoms with van der Waals surface area (Å²) in [5, 5.41) is 0. The van der Waals surface area contributed by atoms with Gasteiger partial charge in [0.15, 0.2) is 0 Å². The fraction of sp³-hybridized carbons (Fsp3) is 0.917. The van der Waals surface area contributed by atoms with E-state index in [2.05, 4.69) is 22.6 Å². The van der Waals surface area contributed by atoms with E-state index in [1.165, 1.54) is 19.3 Å². The Morgan fingerprint density at radius 3 is 2.47 bits per heavy atom. The molecule has 2 nitrogen and oxygen atoms in total. The zero-order chi connectivity index (χ0) is 11.3. The molecule has 1 aliphatic carbocycles. The molecule has 0 saturated heterocycles. The van der Waals surface area contributed by atoms with Gasteiger partial charge in [-0.1, -0.05) is 29.0 Å². The minimum Gasteiger partial charge on any atom is -0.462 e. The van der Waals surface area contributed by atoms with Gasteiger partial charge < -0.3 is 4.74 Å². The SMILES string of the molecule is CC(C)(CCI)C(=O)OC1CCCCC1. The number of carbonyl (C=O) groups excluding carboxylic acids is 1. The lowest BCUT2D eigenvalue weighted by Crippen LogP contribution is -2.31. The van der Waals surface area contributed by atoms with Crippen LogP contribution in [0.15, 0.2) is 0 Å². The summed E-state index contributed by atoms with van der Waals surface area (Å²) in [7, 11) is 0. The highest BCUT2D eigenvalue weighted by atomic mass is 127. The molecule has 3 heteroatoms. The second-order valence-corrected chi connectivity index (χ2v) is 6.07. The van der Waals surface area contributed by atoms with Crippen LogP contribution in [0.25, 0.3) is 0 Å². The first-order valence-corrected chi connectivity index (χ1v) is 7.36. The summed E-state index contributed by atoms with van der Waals surface area (Å²) in [5.74, 6) is -0.00827. The van der Waals surface area contributed by atoms with Crippen LogP contribution in [-0.4, -0.2) is 16.5 Å². The highest BCUT2D eigenvalue weighted by Crippen LogP contribution is 2.27. The molecule has 0 aliphatic heterocycles. The normalized spacial score (nSPS) is 18.9. The average Bonchev–Trinajstić information content (AvgIpc) is 2.19. The number of esters is 1. The Labute approximate surface area is 106 Å². The quantitative estimate of drug-likeness (QED) is 0.448. The molecule has 0 N–H and O–H groups in total. The van der Waals surface area contributed by atoms with Crippen molar-refractivity contribution in [2.45, 2.75) is 58.5 Å². The maximum Gasteiger partial charge on any atom is 0.311 e. The number of hydrogen-bond donors (Lipinski definition) is 0. The maximum absolute atomic E-state index is 11.9. The topological polar surface area (TPSA) is 26.3 Å². The number of alkyl halides is 1. The summed E-state index contributed by atoms with van der Waals surface area (Å²) in [4.78, 5) is 11.9. The summed E-state index contributed by atoms with van der Waals surface area (Å²) in [6, 6.07) is 0. The molecule has 1 saturated carbocycles. The zero-order valence-electron chi connectivity index (χ0n) is 9.72. The highest BCUT2D eigenvalue weighted by Gasteiger charge is 2.30. The van der Waals surface area contributed by atoms with Crippen molar-refractivity contribution in [1.29, 1.82) is 0 Å². The van der Waals surface area contributed by atoms with Crippen molar-refractivity contribution >= 4 is 28.6 Å². The maximum atomic E-state index is 11.9. The number of carbonyl (C=O) groups is 1. The Morgan fingerprint density at radius 2 is 1.93 bits per heavy atom. The Morgan fingerprint density at radius 1 is 1.33 bits per heavy atom. The zero-order valence-corrected chi connectivity index (χ0v) is 11.9. The van der Waals surface area contributed by atoms with Crippen molar-refractivity contribution in [3.8, 4) is 0 Å². The second-order valence-electron chi connectivity index (χ2n) is 4.99. The minimum atomic E-state index is -0.307. The van der Waals surface area contributed by atoms with Crippen LogP contribution in [0.3, 0.4) is 0 Å². The van der Waals surface area contributed by atoms with E-state index in [1.54, 1.807) is 0 Å². The molecule has 15 heavy (non-hydrogen) atoms. The van der Waals surface area contributed by atoms with E-state index in [0.717, 1.165) is 23.7 Å². The molecule has 0 heterocycles. The highest BCUT2D eigenvalue weighted by molar-refractivity contribution is 14.1. The molecule has 0 unspecified atom stereocenters. The van der Waals surface area contributed by atoms with Crippen molar-refractivity contribution in [2.75, 3.05) is 4.43 Å². The monoisotopic (exact) mass is 324 g/mol. The number of hydrogen-bond acceptors (Lipinski definition) is 2. The molecule has 1 fully saturated rings. The Bertz CT molecular complexity index is 208. The van der Waals surface area contributed by atoms with E-state index in [4.69, 9.17) is 4.74 Å². The van der Waals surface area contributed by atoms with Crippen LogP contribution in [0.2, 0.25) is 0 Å². The van der Waals surface area contributed by atoms with Crippen LogP contribution in [0.4, 0.5) is 0 Å². The first kappa shape index (κ1) is 13.3. The summed E-state index contributed by atoms with van der Waals surface area (Å²) in [5.41, 5.74) is -0.307. The lowest BCUT2D eigenvalue weighted by Gasteiger charge is -2.27. The Kier molecular flexibility index (Phi) is 5.36. The first-order chi connectivity index (χ1) is 7.06. The third-order valence-electron chi connectivity index (χ3n) is 3.10. The van der Waals surface area contributed by atoms with Gasteiger partial charge in [0, 0.05) is 4.43 Å². The van der Waals surface area contributed by atoms with Crippen molar-refractivity contribution in [3.63, 3.8) is 0 Å². The molecule has 0 spiro atoms. The lowest BCUT2D eigenvalue weighted by atomic mass is 9.90. The predicted octanol–water partition coefficient (Wildman–Crippen LogP) is 3.71. The number of halogens is 1.